The summed E-state index contributed by atoms with van der Waals surface area (Å²) in [6, 6.07) is 5.86. The number of primary amides is 1. The molecule has 3 aromatic heterocycles. The highest BCUT2D eigenvalue weighted by molar-refractivity contribution is 7.17. The average molecular weight is 439 g/mol. The van der Waals surface area contributed by atoms with E-state index < -0.39 is 5.91 Å². The topological polar surface area (TPSA) is 89.5 Å². The van der Waals surface area contributed by atoms with Gasteiger partial charge in [-0.15, -0.1) is 11.3 Å². The lowest BCUT2D eigenvalue weighted by Crippen LogP contribution is -2.27. The summed E-state index contributed by atoms with van der Waals surface area (Å²) in [5, 5.41) is 3.59. The number of hydrogen-bond acceptors (Lipinski definition) is 4. The van der Waals surface area contributed by atoms with Crippen LogP contribution in [0.1, 0.15) is 65.8 Å². The Bertz CT molecular complexity index is 1150. The second kappa shape index (κ2) is 8.11. The van der Waals surface area contributed by atoms with Gasteiger partial charge in [0.2, 0.25) is 5.91 Å². The van der Waals surface area contributed by atoms with E-state index in [2.05, 4.69) is 31.1 Å². The number of carbonyl (C=O) groups excluding carboxylic acids is 2. The van der Waals surface area contributed by atoms with Gasteiger partial charge in [-0.05, 0) is 61.6 Å². The van der Waals surface area contributed by atoms with Crippen molar-refractivity contribution in [2.24, 2.45) is 17.1 Å². The first kappa shape index (κ1) is 21.6. The molecule has 0 aliphatic heterocycles. The molecule has 0 bridgehead atoms. The molecule has 164 valence electrons. The first-order valence-electron chi connectivity index (χ1n) is 10.8. The molecule has 0 aromatic carbocycles. The Balaban J connectivity index is 1.51. The van der Waals surface area contributed by atoms with Gasteiger partial charge in [0.1, 0.15) is 10.6 Å². The molecule has 6 nitrogen and oxygen atoms in total. The minimum atomic E-state index is -0.459. The minimum Gasteiger partial charge on any atom is -0.365 e. The summed E-state index contributed by atoms with van der Waals surface area (Å²) < 4.78 is 2.02. The van der Waals surface area contributed by atoms with E-state index in [0.717, 1.165) is 41.9 Å². The van der Waals surface area contributed by atoms with Crippen molar-refractivity contribution in [1.82, 2.24) is 9.38 Å². The third-order valence-electron chi connectivity index (χ3n) is 6.41. The molecule has 3 heterocycles. The second-order valence-corrected chi connectivity index (χ2v) is 10.6. The maximum Gasteiger partial charge on any atom is 0.251 e. The number of rotatable bonds is 5. The van der Waals surface area contributed by atoms with Crippen LogP contribution in [0.25, 0.3) is 5.65 Å². The van der Waals surface area contributed by atoms with E-state index >= 15 is 0 Å². The number of imidazole rings is 1. The predicted octanol–water partition coefficient (Wildman–Crippen LogP) is 4.53. The number of thiophene rings is 1. The number of nitrogens with zero attached hydrogens (tertiary/aromatic N) is 2. The lowest BCUT2D eigenvalue weighted by molar-refractivity contribution is -0.116. The number of aryl methyl sites for hydroxylation is 2. The van der Waals surface area contributed by atoms with E-state index in [9.17, 15) is 9.59 Å². The SMILES string of the molecule is Cc1nc2ccccn2c1CCC(=O)Nc1sc2c(c1C(N)=O)CCC(C(C)(C)C)C2. The van der Waals surface area contributed by atoms with Gasteiger partial charge < -0.3 is 15.5 Å². The molecule has 4 rings (SSSR count). The van der Waals surface area contributed by atoms with Crippen molar-refractivity contribution >= 4 is 33.8 Å². The van der Waals surface area contributed by atoms with Crippen molar-refractivity contribution < 1.29 is 9.59 Å². The van der Waals surface area contributed by atoms with Crippen LogP contribution in [0.5, 0.6) is 0 Å². The molecule has 31 heavy (non-hydrogen) atoms. The van der Waals surface area contributed by atoms with Crippen LogP contribution in [0.2, 0.25) is 0 Å². The second-order valence-electron chi connectivity index (χ2n) is 9.50. The Labute approximate surface area is 186 Å². The standard InChI is InChI=1S/C24H30N4O2S/c1-14-17(28-12-6-5-7-19(28)26-14)10-11-20(29)27-23-21(22(25)30)16-9-8-15(24(2,3)4)13-18(16)31-23/h5-7,12,15H,8-11,13H2,1-4H3,(H2,25,30)(H,27,29). The quantitative estimate of drug-likeness (QED) is 0.613. The van der Waals surface area contributed by atoms with E-state index in [1.807, 2.05) is 35.7 Å². The molecule has 0 saturated carbocycles. The molecule has 7 heteroatoms. The number of amides is 2. The summed E-state index contributed by atoms with van der Waals surface area (Å²) in [5.41, 5.74) is 10.3. The number of nitrogens with one attached hydrogen (secondary N) is 1. The van der Waals surface area contributed by atoms with Gasteiger partial charge in [-0.2, -0.15) is 0 Å². The summed E-state index contributed by atoms with van der Waals surface area (Å²) in [6.07, 6.45) is 5.66. The summed E-state index contributed by atoms with van der Waals surface area (Å²) in [6.45, 7) is 8.74. The molecule has 0 spiro atoms. The summed E-state index contributed by atoms with van der Waals surface area (Å²) in [5.74, 6) is -0.0144. The van der Waals surface area contributed by atoms with Crippen LogP contribution in [0.4, 0.5) is 5.00 Å². The highest BCUT2D eigenvalue weighted by Crippen LogP contribution is 2.44. The minimum absolute atomic E-state index is 0.112. The van der Waals surface area contributed by atoms with Crippen LogP contribution >= 0.6 is 11.3 Å². The Kier molecular flexibility index (Phi) is 5.64. The number of carbonyl (C=O) groups is 2. The van der Waals surface area contributed by atoms with Crippen molar-refractivity contribution in [1.29, 1.82) is 0 Å². The number of hydrogen-bond donors (Lipinski definition) is 2. The lowest BCUT2D eigenvalue weighted by Gasteiger charge is -2.33. The van der Waals surface area contributed by atoms with Gasteiger partial charge in [0, 0.05) is 23.2 Å². The summed E-state index contributed by atoms with van der Waals surface area (Å²) in [7, 11) is 0. The normalized spacial score (nSPS) is 16.3. The third kappa shape index (κ3) is 4.24. The molecule has 3 aromatic rings. The zero-order valence-electron chi connectivity index (χ0n) is 18.6. The third-order valence-corrected chi connectivity index (χ3v) is 7.58. The lowest BCUT2D eigenvalue weighted by atomic mass is 9.72. The van der Waals surface area contributed by atoms with Crippen molar-refractivity contribution in [2.45, 2.75) is 59.8 Å². The molecular weight excluding hydrogens is 408 g/mol. The van der Waals surface area contributed by atoms with Crippen LogP contribution < -0.4 is 11.1 Å². The van der Waals surface area contributed by atoms with Gasteiger partial charge >= 0.3 is 0 Å². The van der Waals surface area contributed by atoms with E-state index in [-0.39, 0.29) is 11.3 Å². The number of anilines is 1. The zero-order chi connectivity index (χ0) is 22.3. The number of pyridine rings is 1. The molecule has 1 atom stereocenters. The monoisotopic (exact) mass is 438 g/mol. The maximum atomic E-state index is 12.8. The molecule has 1 aliphatic carbocycles. The molecule has 2 amide bonds. The molecule has 1 aliphatic rings. The van der Waals surface area contributed by atoms with Crippen molar-refractivity contribution in [3.8, 4) is 0 Å². The molecule has 0 saturated heterocycles. The summed E-state index contributed by atoms with van der Waals surface area (Å²) >= 11 is 1.52. The Hall–Kier alpha value is -2.67. The van der Waals surface area contributed by atoms with Crippen molar-refractivity contribution in [3.05, 3.63) is 51.8 Å². The first-order chi connectivity index (χ1) is 14.6. The Morgan fingerprint density at radius 1 is 1.32 bits per heavy atom. The van der Waals surface area contributed by atoms with Gasteiger partial charge in [0.25, 0.3) is 5.91 Å². The number of nitrogens with two attached hydrogens (primary N) is 1. The number of fused-ring (bicyclic) bond motifs is 2. The molecule has 0 radical (unpaired) electrons. The van der Waals surface area contributed by atoms with Crippen LogP contribution in [0.3, 0.4) is 0 Å². The van der Waals surface area contributed by atoms with E-state index in [4.69, 9.17) is 5.73 Å². The fraction of sp³-hybridized carbons (Fsp3) is 0.458. The van der Waals surface area contributed by atoms with E-state index in [0.29, 0.717) is 29.3 Å². The molecule has 3 N–H and O–H groups in total. The molecule has 0 fully saturated rings. The summed E-state index contributed by atoms with van der Waals surface area (Å²) in [4.78, 5) is 30.7. The first-order valence-corrected chi connectivity index (χ1v) is 11.6. The highest BCUT2D eigenvalue weighted by atomic mass is 32.1. The van der Waals surface area contributed by atoms with Gasteiger partial charge in [-0.3, -0.25) is 9.59 Å². The average Bonchev–Trinajstić information content (AvgIpc) is 3.21. The van der Waals surface area contributed by atoms with Gasteiger partial charge in [-0.25, -0.2) is 4.98 Å². The fourth-order valence-corrected chi connectivity index (χ4v) is 5.91. The van der Waals surface area contributed by atoms with E-state index in [1.54, 1.807) is 0 Å². The molecule has 1 unspecified atom stereocenters. The van der Waals surface area contributed by atoms with Crippen LogP contribution in [-0.2, 0) is 24.1 Å². The van der Waals surface area contributed by atoms with Crippen molar-refractivity contribution in [2.75, 3.05) is 5.32 Å². The largest absolute Gasteiger partial charge is 0.365 e. The predicted molar refractivity (Wildman–Crippen MR) is 125 cm³/mol. The Morgan fingerprint density at radius 3 is 2.81 bits per heavy atom. The van der Waals surface area contributed by atoms with Crippen molar-refractivity contribution in [3.63, 3.8) is 0 Å². The van der Waals surface area contributed by atoms with Gasteiger partial charge in [0.15, 0.2) is 0 Å². The molecular formula is C24H30N4O2S. The smallest absolute Gasteiger partial charge is 0.251 e. The zero-order valence-corrected chi connectivity index (χ0v) is 19.4. The maximum absolute atomic E-state index is 12.8. The fourth-order valence-electron chi connectivity index (χ4n) is 4.56. The van der Waals surface area contributed by atoms with Crippen LogP contribution in [-0.4, -0.2) is 21.2 Å². The number of aromatic nitrogens is 2. The highest BCUT2D eigenvalue weighted by Gasteiger charge is 2.33. The van der Waals surface area contributed by atoms with Gasteiger partial charge in [0.05, 0.1) is 11.3 Å². The van der Waals surface area contributed by atoms with E-state index in [1.165, 1.54) is 16.2 Å². The van der Waals surface area contributed by atoms with Crippen LogP contribution in [0, 0.1) is 18.3 Å². The van der Waals surface area contributed by atoms with Gasteiger partial charge in [-0.1, -0.05) is 26.8 Å². The van der Waals surface area contributed by atoms with Crippen LogP contribution in [0.15, 0.2) is 24.4 Å². The Morgan fingerprint density at radius 2 is 2.10 bits per heavy atom.